The molecule has 0 heterocycles. The molecule has 3 aromatic rings. The number of amides is 1. The number of carbonyl (C=O) groups excluding carboxylic acids is 1. The summed E-state index contributed by atoms with van der Waals surface area (Å²) in [6.45, 7) is 1.92. The summed E-state index contributed by atoms with van der Waals surface area (Å²) in [6.07, 6.45) is 1.71. The molecule has 1 unspecified atom stereocenters. The maximum absolute atomic E-state index is 12.5. The van der Waals surface area contributed by atoms with Gasteiger partial charge in [-0.25, -0.2) is 8.42 Å². The van der Waals surface area contributed by atoms with E-state index in [2.05, 4.69) is 29.6 Å². The van der Waals surface area contributed by atoms with E-state index in [1.807, 2.05) is 25.1 Å². The number of non-ortho nitro benzene ring substituents is 1. The Bertz CT molecular complexity index is 1240. The molecule has 0 bridgehead atoms. The van der Waals surface area contributed by atoms with E-state index in [-0.39, 0.29) is 17.3 Å². The van der Waals surface area contributed by atoms with Crippen LogP contribution in [-0.4, -0.2) is 38.6 Å². The van der Waals surface area contributed by atoms with Crippen molar-refractivity contribution in [2.45, 2.75) is 13.3 Å². The molecule has 8 nitrogen and oxygen atoms in total. The third-order valence-electron chi connectivity index (χ3n) is 5.11. The van der Waals surface area contributed by atoms with Crippen LogP contribution in [0.4, 0.5) is 11.4 Å². The number of benzene rings is 3. The first-order valence-electron chi connectivity index (χ1n) is 10.1. The van der Waals surface area contributed by atoms with Gasteiger partial charge in [0.1, 0.15) is 6.54 Å². The molecule has 0 aromatic heterocycles. The highest BCUT2D eigenvalue weighted by molar-refractivity contribution is 7.92. The van der Waals surface area contributed by atoms with E-state index in [0.717, 1.165) is 28.4 Å². The van der Waals surface area contributed by atoms with Crippen molar-refractivity contribution in [3.63, 3.8) is 0 Å². The summed E-state index contributed by atoms with van der Waals surface area (Å²) in [5.74, 6) is -0.360. The van der Waals surface area contributed by atoms with Gasteiger partial charge in [0, 0.05) is 18.7 Å². The molecule has 0 aliphatic rings. The van der Waals surface area contributed by atoms with Gasteiger partial charge in [-0.05, 0) is 34.7 Å². The van der Waals surface area contributed by atoms with Gasteiger partial charge in [0.25, 0.3) is 5.69 Å². The molecule has 0 saturated carbocycles. The smallest absolute Gasteiger partial charge is 0.271 e. The average molecular weight is 456 g/mol. The van der Waals surface area contributed by atoms with Crippen LogP contribution in [0.15, 0.2) is 66.7 Å². The Morgan fingerprint density at radius 2 is 1.78 bits per heavy atom. The van der Waals surface area contributed by atoms with Crippen LogP contribution in [0.5, 0.6) is 0 Å². The molecule has 0 radical (unpaired) electrons. The van der Waals surface area contributed by atoms with Crippen molar-refractivity contribution in [1.29, 1.82) is 0 Å². The topological polar surface area (TPSA) is 110 Å². The van der Waals surface area contributed by atoms with Gasteiger partial charge >= 0.3 is 0 Å². The summed E-state index contributed by atoms with van der Waals surface area (Å²) in [5, 5.41) is 16.1. The Morgan fingerprint density at radius 1 is 1.09 bits per heavy atom. The van der Waals surface area contributed by atoms with Crippen molar-refractivity contribution >= 4 is 38.1 Å². The third-order valence-corrected chi connectivity index (χ3v) is 6.25. The minimum Gasteiger partial charge on any atom is -0.354 e. The van der Waals surface area contributed by atoms with Gasteiger partial charge in [-0.1, -0.05) is 55.5 Å². The average Bonchev–Trinajstić information content (AvgIpc) is 2.75. The summed E-state index contributed by atoms with van der Waals surface area (Å²) < 4.78 is 25.3. The molecular formula is C23H25N3O5S. The van der Waals surface area contributed by atoms with Crippen LogP contribution in [0.25, 0.3) is 10.8 Å². The summed E-state index contributed by atoms with van der Waals surface area (Å²) >= 11 is 0. The summed E-state index contributed by atoms with van der Waals surface area (Å²) in [5.41, 5.74) is 1.00. The fraction of sp³-hybridized carbons (Fsp3) is 0.261. The standard InChI is InChI=1S/C23H25N3O5S/c1-17(13-19-9-5-8-18-7-3-4-12-22(18)19)15-24-23(27)16-25(32(2,30)31)20-10-6-11-21(14-20)26(28)29/h3-12,14,17H,13,15-16H2,1-2H3,(H,24,27). The SMILES string of the molecule is CC(CNC(=O)CN(c1cccc([N+](=O)[O-])c1)S(C)(=O)=O)Cc1cccc2ccccc12. The van der Waals surface area contributed by atoms with Crippen molar-refractivity contribution in [2.75, 3.05) is 23.7 Å². The maximum Gasteiger partial charge on any atom is 0.271 e. The highest BCUT2D eigenvalue weighted by atomic mass is 32.2. The Balaban J connectivity index is 1.65. The fourth-order valence-electron chi connectivity index (χ4n) is 3.55. The quantitative estimate of drug-likeness (QED) is 0.392. The molecule has 0 fully saturated rings. The highest BCUT2D eigenvalue weighted by Crippen LogP contribution is 2.23. The molecule has 0 aliphatic carbocycles. The second kappa shape index (κ2) is 9.78. The molecule has 9 heteroatoms. The van der Waals surface area contributed by atoms with E-state index in [4.69, 9.17) is 0 Å². The number of sulfonamides is 1. The summed E-state index contributed by atoms with van der Waals surface area (Å²) in [4.78, 5) is 22.9. The van der Waals surface area contributed by atoms with Gasteiger partial charge in [0.05, 0.1) is 16.9 Å². The van der Waals surface area contributed by atoms with Gasteiger partial charge in [-0.15, -0.1) is 0 Å². The van der Waals surface area contributed by atoms with E-state index in [1.165, 1.54) is 29.1 Å². The van der Waals surface area contributed by atoms with Crippen LogP contribution in [0.1, 0.15) is 12.5 Å². The number of hydrogen-bond acceptors (Lipinski definition) is 5. The number of carbonyl (C=O) groups is 1. The number of anilines is 1. The zero-order chi connectivity index (χ0) is 23.3. The molecule has 1 amide bonds. The second-order valence-electron chi connectivity index (χ2n) is 7.80. The first-order chi connectivity index (χ1) is 15.1. The van der Waals surface area contributed by atoms with Crippen LogP contribution in [-0.2, 0) is 21.2 Å². The van der Waals surface area contributed by atoms with Crippen molar-refractivity contribution in [3.8, 4) is 0 Å². The van der Waals surface area contributed by atoms with Crippen LogP contribution < -0.4 is 9.62 Å². The molecule has 0 aliphatic heterocycles. The monoisotopic (exact) mass is 455 g/mol. The second-order valence-corrected chi connectivity index (χ2v) is 9.71. The number of nitro groups is 1. The van der Waals surface area contributed by atoms with E-state index in [9.17, 15) is 23.3 Å². The predicted molar refractivity (Wildman–Crippen MR) is 125 cm³/mol. The molecule has 0 saturated heterocycles. The molecule has 3 rings (SSSR count). The largest absolute Gasteiger partial charge is 0.354 e. The van der Waals surface area contributed by atoms with E-state index in [0.29, 0.717) is 6.54 Å². The minimum atomic E-state index is -3.82. The molecule has 168 valence electrons. The van der Waals surface area contributed by atoms with E-state index < -0.39 is 27.4 Å². The van der Waals surface area contributed by atoms with Crippen molar-refractivity contribution in [3.05, 3.63) is 82.4 Å². The molecular weight excluding hydrogens is 430 g/mol. The minimum absolute atomic E-state index is 0.0700. The Hall–Kier alpha value is -3.46. The van der Waals surface area contributed by atoms with Gasteiger partial charge in [0.2, 0.25) is 15.9 Å². The Labute approximate surface area is 187 Å². The first kappa shape index (κ1) is 23.2. The first-order valence-corrected chi connectivity index (χ1v) is 12.0. The number of nitrogens with zero attached hydrogens (tertiary/aromatic N) is 2. The number of nitro benzene ring substituents is 1. The lowest BCUT2D eigenvalue weighted by molar-refractivity contribution is -0.384. The maximum atomic E-state index is 12.5. The fourth-order valence-corrected chi connectivity index (χ4v) is 4.40. The molecule has 32 heavy (non-hydrogen) atoms. The zero-order valence-electron chi connectivity index (χ0n) is 17.9. The van der Waals surface area contributed by atoms with Crippen molar-refractivity contribution in [1.82, 2.24) is 5.32 Å². The lowest BCUT2D eigenvalue weighted by Crippen LogP contribution is -2.41. The molecule has 0 spiro atoms. The Kier molecular flexibility index (Phi) is 7.09. The summed E-state index contributed by atoms with van der Waals surface area (Å²) in [6, 6.07) is 19.4. The molecule has 1 N–H and O–H groups in total. The third kappa shape index (κ3) is 5.82. The predicted octanol–water partition coefficient (Wildman–Crippen LogP) is 3.51. The van der Waals surface area contributed by atoms with E-state index in [1.54, 1.807) is 0 Å². The van der Waals surface area contributed by atoms with Crippen molar-refractivity contribution < 1.29 is 18.1 Å². The number of nitrogens with one attached hydrogen (secondary N) is 1. The van der Waals surface area contributed by atoms with Crippen LogP contribution in [0.2, 0.25) is 0 Å². The van der Waals surface area contributed by atoms with Gasteiger partial charge in [-0.3, -0.25) is 19.2 Å². The number of hydrogen-bond donors (Lipinski definition) is 1. The van der Waals surface area contributed by atoms with Crippen LogP contribution >= 0.6 is 0 Å². The molecule has 3 aromatic carbocycles. The molecule has 1 atom stereocenters. The number of rotatable bonds is 9. The van der Waals surface area contributed by atoms with Gasteiger partial charge in [-0.2, -0.15) is 0 Å². The Morgan fingerprint density at radius 3 is 2.50 bits per heavy atom. The zero-order valence-corrected chi connectivity index (χ0v) is 18.7. The van der Waals surface area contributed by atoms with Crippen LogP contribution in [0.3, 0.4) is 0 Å². The lowest BCUT2D eigenvalue weighted by Gasteiger charge is -2.22. The lowest BCUT2D eigenvalue weighted by atomic mass is 9.96. The highest BCUT2D eigenvalue weighted by Gasteiger charge is 2.22. The number of fused-ring (bicyclic) bond motifs is 1. The van der Waals surface area contributed by atoms with Crippen molar-refractivity contribution in [2.24, 2.45) is 5.92 Å². The van der Waals surface area contributed by atoms with E-state index >= 15 is 0 Å². The summed E-state index contributed by atoms with van der Waals surface area (Å²) in [7, 11) is -3.82. The van der Waals surface area contributed by atoms with Crippen LogP contribution in [0, 0.1) is 16.0 Å². The van der Waals surface area contributed by atoms with Gasteiger partial charge in [0.15, 0.2) is 0 Å². The van der Waals surface area contributed by atoms with Gasteiger partial charge < -0.3 is 5.32 Å². The normalized spacial score (nSPS) is 12.3.